The molecular weight excluding hydrogens is 1180 g/mol. The molecule has 18 nitrogen and oxygen atoms in total. The molecule has 85 heavy (non-hydrogen) atoms. The first kappa shape index (κ1) is 73.1. The molecule has 0 aliphatic carbocycles. The number of benzene rings is 2. The van der Waals surface area contributed by atoms with E-state index in [0.717, 1.165) is 74.6 Å². The van der Waals surface area contributed by atoms with Gasteiger partial charge in [-0.15, -0.1) is 0 Å². The van der Waals surface area contributed by atoms with E-state index in [4.69, 9.17) is 82.8 Å². The van der Waals surface area contributed by atoms with Crippen LogP contribution in [0.2, 0.25) is 51.7 Å². The van der Waals surface area contributed by atoms with Crippen LogP contribution < -0.4 is 20.5 Å². The van der Waals surface area contributed by atoms with Gasteiger partial charge in [-0.25, -0.2) is 29.5 Å². The lowest BCUT2D eigenvalue weighted by Gasteiger charge is -2.40. The van der Waals surface area contributed by atoms with E-state index in [1.165, 1.54) is 4.90 Å². The summed E-state index contributed by atoms with van der Waals surface area (Å²) >= 11 is 18.9. The van der Waals surface area contributed by atoms with Gasteiger partial charge in [0.25, 0.3) is 0 Å². The minimum Gasteiger partial charge on any atom is -0.491 e. The van der Waals surface area contributed by atoms with Crippen LogP contribution in [-0.2, 0) is 27.8 Å². The molecule has 2 atom stereocenters. The minimum atomic E-state index is -2.16. The molecule has 2 aromatic carbocycles. The fourth-order valence-electron chi connectivity index (χ4n) is 7.81. The largest absolute Gasteiger partial charge is 0.491 e. The van der Waals surface area contributed by atoms with Crippen molar-refractivity contribution in [2.45, 2.75) is 194 Å². The number of nitrogens with one attached hydrogen (secondary N) is 1. The lowest BCUT2D eigenvalue weighted by molar-refractivity contribution is 0.0166. The van der Waals surface area contributed by atoms with Crippen molar-refractivity contribution >= 4 is 69.4 Å². The number of amides is 2. The predicted molar refractivity (Wildman–Crippen MR) is 348 cm³/mol. The van der Waals surface area contributed by atoms with E-state index >= 15 is 0 Å². The van der Waals surface area contributed by atoms with Crippen molar-refractivity contribution in [2.24, 2.45) is 5.73 Å². The Balaban J connectivity index is 0.000000329. The van der Waals surface area contributed by atoms with Crippen LogP contribution in [0.15, 0.2) is 48.5 Å². The summed E-state index contributed by atoms with van der Waals surface area (Å²) in [6.45, 7) is 41.0. The fraction of sp³-hybridized carbons (Fsp3) is 0.645. The second-order valence-electron chi connectivity index (χ2n) is 26.9. The summed E-state index contributed by atoms with van der Waals surface area (Å²) in [5.41, 5.74) is 7.36. The molecular formula is C62H99Cl3N8O10Si2. The van der Waals surface area contributed by atoms with Crippen LogP contribution >= 0.6 is 34.8 Å². The summed E-state index contributed by atoms with van der Waals surface area (Å²) in [6, 6.07) is 15.7. The van der Waals surface area contributed by atoms with Gasteiger partial charge in [0.1, 0.15) is 57.2 Å². The maximum absolute atomic E-state index is 12.7. The van der Waals surface area contributed by atoms with Gasteiger partial charge in [-0.1, -0.05) is 101 Å². The van der Waals surface area contributed by atoms with Crippen LogP contribution in [0.3, 0.4) is 0 Å². The van der Waals surface area contributed by atoms with Crippen molar-refractivity contribution in [1.82, 2.24) is 29.7 Å². The Bertz CT molecular complexity index is 2760. The zero-order valence-electron chi connectivity index (χ0n) is 54.4. The lowest BCUT2D eigenvalue weighted by atomic mass is 10.1. The van der Waals surface area contributed by atoms with Gasteiger partial charge in [0, 0.05) is 74.9 Å². The van der Waals surface area contributed by atoms with Gasteiger partial charge in [0.05, 0.1) is 25.3 Å². The second kappa shape index (κ2) is 31.7. The summed E-state index contributed by atoms with van der Waals surface area (Å²) in [7, 11) is -0.877. The maximum atomic E-state index is 12.7. The van der Waals surface area contributed by atoms with E-state index < -0.39 is 40.0 Å². The van der Waals surface area contributed by atoms with Gasteiger partial charge in [-0.2, -0.15) is 0 Å². The molecule has 2 unspecified atom stereocenters. The highest BCUT2D eigenvalue weighted by Crippen LogP contribution is 2.39. The molecule has 2 saturated heterocycles. The second-order valence-corrected chi connectivity index (χ2v) is 37.5. The molecule has 2 aliphatic rings. The highest BCUT2D eigenvalue weighted by atomic mass is 35.5. The van der Waals surface area contributed by atoms with Crippen LogP contribution in [0.5, 0.6) is 11.5 Å². The third kappa shape index (κ3) is 24.6. The molecule has 0 bridgehead atoms. The van der Waals surface area contributed by atoms with Gasteiger partial charge in [-0.05, 0) is 142 Å². The number of ether oxygens (including phenoxy) is 6. The van der Waals surface area contributed by atoms with Crippen molar-refractivity contribution in [3.63, 3.8) is 0 Å². The van der Waals surface area contributed by atoms with E-state index in [0.29, 0.717) is 63.3 Å². The molecule has 3 N–H and O–H groups in total. The van der Waals surface area contributed by atoms with Crippen LogP contribution in [-0.4, -0.2) is 161 Å². The quantitative estimate of drug-likeness (QED) is 0.0702. The Morgan fingerprint density at radius 3 is 1.33 bits per heavy atom. The molecule has 2 amide bonds. The molecule has 4 aromatic rings. The summed E-state index contributed by atoms with van der Waals surface area (Å²) in [5, 5.41) is 4.55. The Morgan fingerprint density at radius 1 is 0.612 bits per heavy atom. The SMILES string of the molecule is Cc1c(Cl)nc(-c2cccc(OCC(CN(C)C(=O)OC(C)(C)C)O[Si](C)(C)C(C)(C)C)c2)nc1Cl.Cc1c(Cl)nc(-c2cccc(OCC(CN(C)C(=O)OC(C)(C)C)O[Si](C)(C)C(C)(C)C)c2)nc1NC1CCOCC1.NC1CCOCC1. The van der Waals surface area contributed by atoms with Gasteiger partial charge >= 0.3 is 12.2 Å². The Kier molecular flexibility index (Phi) is 27.3. The number of hydrogen-bond donors (Lipinski definition) is 2. The number of nitrogens with zero attached hydrogens (tertiary/aromatic N) is 6. The van der Waals surface area contributed by atoms with E-state index in [1.807, 2.05) is 97.0 Å². The minimum absolute atomic E-state index is 0.00300. The van der Waals surface area contributed by atoms with Crippen LogP contribution in [0.1, 0.15) is 120 Å². The molecule has 2 fully saturated rings. The molecule has 0 radical (unpaired) electrons. The molecule has 2 aromatic heterocycles. The van der Waals surface area contributed by atoms with Crippen molar-refractivity contribution < 1.29 is 46.9 Å². The summed E-state index contributed by atoms with van der Waals surface area (Å²) in [5.74, 6) is 2.93. The number of aromatic nitrogens is 4. The van der Waals surface area contributed by atoms with E-state index in [2.05, 4.69) is 88.0 Å². The van der Waals surface area contributed by atoms with E-state index in [9.17, 15) is 9.59 Å². The number of halogens is 3. The first-order valence-electron chi connectivity index (χ1n) is 29.4. The third-order valence-electron chi connectivity index (χ3n) is 14.9. The van der Waals surface area contributed by atoms with Crippen molar-refractivity contribution in [1.29, 1.82) is 0 Å². The van der Waals surface area contributed by atoms with E-state index in [1.54, 1.807) is 25.9 Å². The number of carbonyl (C=O) groups excluding carboxylic acids is 2. The summed E-state index contributed by atoms with van der Waals surface area (Å²) in [6.07, 6.45) is 2.41. The van der Waals surface area contributed by atoms with Crippen molar-refractivity contribution in [3.8, 4) is 34.3 Å². The number of likely N-dealkylation sites (N-methyl/N-ethyl adjacent to an activating group) is 2. The molecule has 0 spiro atoms. The monoisotopic (exact) mass is 1280 g/mol. The average molecular weight is 1280 g/mol. The maximum Gasteiger partial charge on any atom is 0.410 e. The predicted octanol–water partition coefficient (Wildman–Crippen LogP) is 14.9. The average Bonchev–Trinajstić information content (AvgIpc) is 3.23. The third-order valence-corrected chi connectivity index (χ3v) is 25.1. The number of anilines is 1. The molecule has 476 valence electrons. The number of rotatable bonds is 18. The van der Waals surface area contributed by atoms with Crippen molar-refractivity contribution in [3.05, 3.63) is 75.1 Å². The first-order valence-corrected chi connectivity index (χ1v) is 36.3. The first-order chi connectivity index (χ1) is 39.2. The summed E-state index contributed by atoms with van der Waals surface area (Å²) < 4.78 is 47.4. The molecule has 4 heterocycles. The Hall–Kier alpha value is -4.36. The number of nitrogens with two attached hydrogens (primary N) is 1. The van der Waals surface area contributed by atoms with Crippen LogP contribution in [0.4, 0.5) is 15.4 Å². The zero-order chi connectivity index (χ0) is 63.9. The lowest BCUT2D eigenvalue weighted by Crippen LogP contribution is -2.49. The van der Waals surface area contributed by atoms with Gasteiger partial charge in [0.15, 0.2) is 28.3 Å². The summed E-state index contributed by atoms with van der Waals surface area (Å²) in [4.78, 5) is 46.5. The van der Waals surface area contributed by atoms with Gasteiger partial charge in [0.2, 0.25) is 0 Å². The molecule has 2 aliphatic heterocycles. The Labute approximate surface area is 524 Å². The molecule has 23 heteroatoms. The normalized spacial score (nSPS) is 15.5. The van der Waals surface area contributed by atoms with Gasteiger partial charge < -0.3 is 58.1 Å². The smallest absolute Gasteiger partial charge is 0.410 e. The van der Waals surface area contributed by atoms with Crippen LogP contribution in [0.25, 0.3) is 22.8 Å². The number of carbonyl (C=O) groups is 2. The van der Waals surface area contributed by atoms with Crippen LogP contribution in [0, 0.1) is 13.8 Å². The fourth-order valence-corrected chi connectivity index (χ4v) is 11.0. The number of hydrogen-bond acceptors (Lipinski definition) is 16. The van der Waals surface area contributed by atoms with E-state index in [-0.39, 0.29) is 41.5 Å². The topological polar surface area (TPSA) is 204 Å². The molecule has 0 saturated carbocycles. The molecule has 6 rings (SSSR count). The van der Waals surface area contributed by atoms with Gasteiger partial charge in [-0.3, -0.25) is 0 Å². The van der Waals surface area contributed by atoms with Crippen molar-refractivity contribution in [2.75, 3.05) is 72.1 Å². The highest BCUT2D eigenvalue weighted by molar-refractivity contribution is 6.74. The Morgan fingerprint density at radius 2 is 0.976 bits per heavy atom. The standard InChI is InChI=1S/C31H49ClN4O5Si.C26H39Cl2N3O4Si.C5H11NO/c1-21-26(32)34-28(35-27(21)33-23-14-16-38-17-15-23)22-12-11-13-24(18-22)39-20-25(41-42(9,10)31(5,6)7)19-36(8)29(37)40-30(2,3)4;1-17-21(27)29-23(30-22(17)28)18-12-11-13-19(14-18)33-16-20(35-36(9,10)26(5,6)7)15-31(8)24(32)34-25(2,3)4;6-5-1-3-7-4-2-5/h11-13,18,23,25H,14-17,19-20H2,1-10H3,(H,33,34,35);11-14,20H,15-16H2,1-10H3;5H,1-4,6H2. The zero-order valence-corrected chi connectivity index (χ0v) is 58.7. The highest BCUT2D eigenvalue weighted by Gasteiger charge is 2.41.